The lowest BCUT2D eigenvalue weighted by Gasteiger charge is -2.35. The molecule has 0 N–H and O–H groups in total. The fourth-order valence-corrected chi connectivity index (χ4v) is 3.08. The lowest BCUT2D eigenvalue weighted by Crippen LogP contribution is -2.45. The van der Waals surface area contributed by atoms with Crippen molar-refractivity contribution in [3.63, 3.8) is 0 Å². The van der Waals surface area contributed by atoms with E-state index in [4.69, 9.17) is 9.15 Å². The Morgan fingerprint density at radius 2 is 2.08 bits per heavy atom. The molecule has 0 unspecified atom stereocenters. The second-order valence-corrected chi connectivity index (χ2v) is 6.20. The average Bonchev–Trinajstić information content (AvgIpc) is 3.34. The standard InChI is InChI=1S/C18H21N5O2/c1-14(17-20-21-18(25-17)15-6-3-2-4-7-15)22-10-11-24-16(12-22)13-23-9-5-8-19-23/h2-9,14,16H,10-13H2,1H3/t14-,16-/m0/s1. The van der Waals surface area contributed by atoms with E-state index in [0.717, 1.165) is 25.2 Å². The predicted molar refractivity (Wildman–Crippen MR) is 91.7 cm³/mol. The van der Waals surface area contributed by atoms with Gasteiger partial charge < -0.3 is 9.15 Å². The smallest absolute Gasteiger partial charge is 0.247 e. The molecule has 0 bridgehead atoms. The molecule has 2 aromatic heterocycles. The molecule has 1 aliphatic heterocycles. The molecule has 130 valence electrons. The van der Waals surface area contributed by atoms with E-state index in [0.29, 0.717) is 18.4 Å². The summed E-state index contributed by atoms with van der Waals surface area (Å²) >= 11 is 0. The van der Waals surface area contributed by atoms with Crippen molar-refractivity contribution >= 4 is 0 Å². The van der Waals surface area contributed by atoms with Gasteiger partial charge in [0.2, 0.25) is 11.8 Å². The number of rotatable bonds is 5. The normalized spacial score (nSPS) is 19.8. The first-order valence-electron chi connectivity index (χ1n) is 8.51. The first kappa shape index (κ1) is 16.0. The maximum atomic E-state index is 5.90. The van der Waals surface area contributed by atoms with E-state index in [1.165, 1.54) is 0 Å². The van der Waals surface area contributed by atoms with E-state index >= 15 is 0 Å². The minimum Gasteiger partial charge on any atom is -0.419 e. The van der Waals surface area contributed by atoms with Gasteiger partial charge in [-0.2, -0.15) is 5.10 Å². The van der Waals surface area contributed by atoms with Gasteiger partial charge in [-0.15, -0.1) is 10.2 Å². The number of aromatic nitrogens is 4. The molecule has 0 saturated carbocycles. The van der Waals surface area contributed by atoms with Crippen molar-refractivity contribution in [2.24, 2.45) is 0 Å². The molecule has 1 saturated heterocycles. The topological polar surface area (TPSA) is 69.2 Å². The van der Waals surface area contributed by atoms with Crippen LogP contribution >= 0.6 is 0 Å². The minimum absolute atomic E-state index is 0.0500. The monoisotopic (exact) mass is 339 g/mol. The van der Waals surface area contributed by atoms with Gasteiger partial charge in [-0.25, -0.2) is 0 Å². The highest BCUT2D eigenvalue weighted by Gasteiger charge is 2.28. The molecular formula is C18H21N5O2. The average molecular weight is 339 g/mol. The van der Waals surface area contributed by atoms with Crippen molar-refractivity contribution in [3.05, 3.63) is 54.7 Å². The summed E-state index contributed by atoms with van der Waals surface area (Å²) in [6.07, 6.45) is 3.84. The van der Waals surface area contributed by atoms with Crippen LogP contribution in [0.5, 0.6) is 0 Å². The number of hydrogen-bond acceptors (Lipinski definition) is 6. The summed E-state index contributed by atoms with van der Waals surface area (Å²) in [6.45, 7) is 5.19. The summed E-state index contributed by atoms with van der Waals surface area (Å²) in [5.41, 5.74) is 0.937. The van der Waals surface area contributed by atoms with E-state index in [2.05, 4.69) is 27.1 Å². The Bertz CT molecular complexity index is 787. The van der Waals surface area contributed by atoms with Crippen LogP contribution in [0, 0.1) is 0 Å². The third kappa shape index (κ3) is 3.62. The van der Waals surface area contributed by atoms with Crippen molar-refractivity contribution in [2.75, 3.05) is 19.7 Å². The first-order chi connectivity index (χ1) is 12.3. The van der Waals surface area contributed by atoms with Gasteiger partial charge in [-0.1, -0.05) is 18.2 Å². The lowest BCUT2D eigenvalue weighted by atomic mass is 10.2. The summed E-state index contributed by atoms with van der Waals surface area (Å²) in [5, 5.41) is 12.7. The SMILES string of the molecule is C[C@@H](c1nnc(-c2ccccc2)o1)N1CCO[C@H](Cn2cccn2)C1. The summed E-state index contributed by atoms with van der Waals surface area (Å²) in [7, 11) is 0. The van der Waals surface area contributed by atoms with E-state index in [-0.39, 0.29) is 12.1 Å². The molecule has 1 fully saturated rings. The van der Waals surface area contributed by atoms with Gasteiger partial charge in [0.05, 0.1) is 25.3 Å². The second kappa shape index (κ2) is 7.16. The van der Waals surface area contributed by atoms with Gasteiger partial charge in [0.25, 0.3) is 0 Å². The van der Waals surface area contributed by atoms with Gasteiger partial charge in [0.1, 0.15) is 0 Å². The van der Waals surface area contributed by atoms with Crippen molar-refractivity contribution < 1.29 is 9.15 Å². The summed E-state index contributed by atoms with van der Waals surface area (Å²) in [5.74, 6) is 1.20. The maximum Gasteiger partial charge on any atom is 0.247 e. The fourth-order valence-electron chi connectivity index (χ4n) is 3.08. The number of nitrogens with zero attached hydrogens (tertiary/aromatic N) is 5. The molecule has 3 aromatic rings. The third-order valence-corrected chi connectivity index (χ3v) is 4.49. The van der Waals surface area contributed by atoms with E-state index in [1.54, 1.807) is 6.20 Å². The minimum atomic E-state index is 0.0500. The zero-order valence-corrected chi connectivity index (χ0v) is 14.2. The van der Waals surface area contributed by atoms with Crippen molar-refractivity contribution in [1.82, 2.24) is 24.9 Å². The maximum absolute atomic E-state index is 5.90. The largest absolute Gasteiger partial charge is 0.419 e. The summed E-state index contributed by atoms with van der Waals surface area (Å²) in [4.78, 5) is 2.32. The number of hydrogen-bond donors (Lipinski definition) is 0. The van der Waals surface area contributed by atoms with Crippen LogP contribution in [0.1, 0.15) is 18.9 Å². The highest BCUT2D eigenvalue weighted by molar-refractivity contribution is 5.51. The summed E-state index contributed by atoms with van der Waals surface area (Å²) < 4.78 is 13.7. The lowest BCUT2D eigenvalue weighted by molar-refractivity contribution is -0.0526. The van der Waals surface area contributed by atoms with Crippen molar-refractivity contribution in [2.45, 2.75) is 25.6 Å². The molecule has 0 spiro atoms. The molecule has 1 aromatic carbocycles. The second-order valence-electron chi connectivity index (χ2n) is 6.20. The van der Waals surface area contributed by atoms with E-state index < -0.39 is 0 Å². The highest BCUT2D eigenvalue weighted by Crippen LogP contribution is 2.25. The number of benzene rings is 1. The Kier molecular flexibility index (Phi) is 4.58. The molecule has 7 nitrogen and oxygen atoms in total. The van der Waals surface area contributed by atoms with Gasteiger partial charge >= 0.3 is 0 Å². The van der Waals surface area contributed by atoms with Crippen molar-refractivity contribution in [1.29, 1.82) is 0 Å². The Morgan fingerprint density at radius 1 is 1.20 bits per heavy atom. The van der Waals surface area contributed by atoms with Crippen LogP contribution in [0.2, 0.25) is 0 Å². The third-order valence-electron chi connectivity index (χ3n) is 4.49. The van der Waals surface area contributed by atoms with Crippen molar-refractivity contribution in [3.8, 4) is 11.5 Å². The van der Waals surface area contributed by atoms with Crippen LogP contribution in [0.3, 0.4) is 0 Å². The summed E-state index contributed by atoms with van der Waals surface area (Å²) in [6, 6.07) is 11.8. The van der Waals surface area contributed by atoms with Gasteiger partial charge in [-0.05, 0) is 25.1 Å². The van der Waals surface area contributed by atoms with E-state index in [9.17, 15) is 0 Å². The molecule has 4 rings (SSSR count). The molecule has 2 atom stereocenters. The van der Waals surface area contributed by atoms with Crippen LogP contribution in [0.25, 0.3) is 11.5 Å². The molecule has 0 radical (unpaired) electrons. The van der Waals surface area contributed by atoms with Crippen LogP contribution < -0.4 is 0 Å². The number of morpholine rings is 1. The molecule has 0 amide bonds. The van der Waals surface area contributed by atoms with Gasteiger partial charge in [-0.3, -0.25) is 9.58 Å². The molecular weight excluding hydrogens is 318 g/mol. The first-order valence-corrected chi connectivity index (χ1v) is 8.51. The Hall–Kier alpha value is -2.51. The fraction of sp³-hybridized carbons (Fsp3) is 0.389. The zero-order chi connectivity index (χ0) is 17.1. The van der Waals surface area contributed by atoms with Gasteiger partial charge in [0, 0.05) is 31.0 Å². The quantitative estimate of drug-likeness (QED) is 0.711. The van der Waals surface area contributed by atoms with Crippen LogP contribution in [0.4, 0.5) is 0 Å². The Labute approximate surface area is 146 Å². The predicted octanol–water partition coefficient (Wildman–Crippen LogP) is 2.40. The molecule has 1 aliphatic rings. The molecule has 7 heteroatoms. The Balaban J connectivity index is 1.43. The zero-order valence-electron chi connectivity index (χ0n) is 14.2. The highest BCUT2D eigenvalue weighted by atomic mass is 16.5. The molecule has 25 heavy (non-hydrogen) atoms. The van der Waals surface area contributed by atoms with Crippen LogP contribution in [0.15, 0.2) is 53.2 Å². The van der Waals surface area contributed by atoms with E-state index in [1.807, 2.05) is 47.3 Å². The van der Waals surface area contributed by atoms with Gasteiger partial charge in [0.15, 0.2) is 0 Å². The molecule has 3 heterocycles. The Morgan fingerprint density at radius 3 is 2.88 bits per heavy atom. The number of ether oxygens (including phenoxy) is 1. The van der Waals surface area contributed by atoms with Crippen LogP contribution in [-0.4, -0.2) is 50.7 Å². The van der Waals surface area contributed by atoms with Crippen LogP contribution in [-0.2, 0) is 11.3 Å². The molecule has 0 aliphatic carbocycles.